The molecule has 21 heavy (non-hydrogen) atoms. The topological polar surface area (TPSA) is 115 Å². The second-order valence-electron chi connectivity index (χ2n) is 4.45. The van der Waals surface area contributed by atoms with Crippen LogP contribution in [0.1, 0.15) is 21.9 Å². The molecule has 1 unspecified atom stereocenters. The molecule has 2 rings (SSSR count). The van der Waals surface area contributed by atoms with Crippen molar-refractivity contribution in [3.8, 4) is 11.3 Å². The number of thiazole rings is 1. The van der Waals surface area contributed by atoms with Gasteiger partial charge in [0.25, 0.3) is 5.91 Å². The number of aliphatic hydroxyl groups is 1. The zero-order valence-electron chi connectivity index (χ0n) is 11.3. The SMILES string of the molecule is Cc1nc(-c2c[nH]c(C(=O)NCCC(O)C(=O)O)c2)cs1. The van der Waals surface area contributed by atoms with Crippen molar-refractivity contribution < 1.29 is 19.8 Å². The van der Waals surface area contributed by atoms with Gasteiger partial charge in [-0.15, -0.1) is 11.3 Å². The number of hydrogen-bond acceptors (Lipinski definition) is 5. The van der Waals surface area contributed by atoms with Crippen LogP contribution in [0, 0.1) is 6.92 Å². The molecule has 0 fully saturated rings. The molecule has 1 atom stereocenters. The summed E-state index contributed by atoms with van der Waals surface area (Å²) in [6, 6.07) is 1.68. The Kier molecular flexibility index (Phi) is 4.71. The van der Waals surface area contributed by atoms with Crippen LogP contribution >= 0.6 is 11.3 Å². The Morgan fingerprint density at radius 1 is 1.52 bits per heavy atom. The van der Waals surface area contributed by atoms with E-state index in [0.717, 1.165) is 16.3 Å². The number of aryl methyl sites for hydroxylation is 1. The summed E-state index contributed by atoms with van der Waals surface area (Å²) in [5.74, 6) is -1.66. The first-order chi connectivity index (χ1) is 9.97. The van der Waals surface area contributed by atoms with Gasteiger partial charge in [0.05, 0.1) is 10.7 Å². The van der Waals surface area contributed by atoms with Crippen molar-refractivity contribution in [2.45, 2.75) is 19.4 Å². The number of hydrogen-bond donors (Lipinski definition) is 4. The first-order valence-corrected chi connectivity index (χ1v) is 7.15. The number of aromatic amines is 1. The van der Waals surface area contributed by atoms with Gasteiger partial charge < -0.3 is 20.5 Å². The van der Waals surface area contributed by atoms with E-state index in [1.807, 2.05) is 12.3 Å². The van der Waals surface area contributed by atoms with Gasteiger partial charge >= 0.3 is 5.97 Å². The maximum atomic E-state index is 11.9. The van der Waals surface area contributed by atoms with Gasteiger partial charge in [-0.25, -0.2) is 9.78 Å². The van der Waals surface area contributed by atoms with Gasteiger partial charge in [0.2, 0.25) is 0 Å². The molecule has 0 aromatic carbocycles. The van der Waals surface area contributed by atoms with Gasteiger partial charge in [0, 0.05) is 30.1 Å². The van der Waals surface area contributed by atoms with Gasteiger partial charge in [0.15, 0.2) is 6.10 Å². The Hall–Kier alpha value is -2.19. The summed E-state index contributed by atoms with van der Waals surface area (Å²) >= 11 is 1.53. The van der Waals surface area contributed by atoms with Gasteiger partial charge in [0.1, 0.15) is 5.69 Å². The Morgan fingerprint density at radius 2 is 2.29 bits per heavy atom. The fourth-order valence-electron chi connectivity index (χ4n) is 1.71. The molecule has 0 aliphatic carbocycles. The first-order valence-electron chi connectivity index (χ1n) is 6.27. The number of carbonyl (C=O) groups excluding carboxylic acids is 1. The Morgan fingerprint density at radius 3 is 2.90 bits per heavy atom. The average Bonchev–Trinajstić information content (AvgIpc) is 3.06. The monoisotopic (exact) mass is 309 g/mol. The number of rotatable bonds is 6. The average molecular weight is 309 g/mol. The number of nitrogens with zero attached hydrogens (tertiary/aromatic N) is 1. The van der Waals surface area contributed by atoms with Crippen LogP contribution in [0.15, 0.2) is 17.6 Å². The summed E-state index contributed by atoms with van der Waals surface area (Å²) < 4.78 is 0. The minimum atomic E-state index is -1.47. The first kappa shape index (κ1) is 15.2. The number of aliphatic hydroxyl groups excluding tert-OH is 1. The lowest BCUT2D eigenvalue weighted by molar-refractivity contribution is -0.146. The van der Waals surface area contributed by atoms with Crippen LogP contribution in [0.2, 0.25) is 0 Å². The minimum Gasteiger partial charge on any atom is -0.479 e. The van der Waals surface area contributed by atoms with Crippen LogP contribution in [0.25, 0.3) is 11.3 Å². The van der Waals surface area contributed by atoms with E-state index in [2.05, 4.69) is 15.3 Å². The number of carboxylic acids is 1. The Labute approximate surface area is 124 Å². The molecule has 0 bridgehead atoms. The van der Waals surface area contributed by atoms with E-state index in [1.54, 1.807) is 12.3 Å². The van der Waals surface area contributed by atoms with Crippen molar-refractivity contribution in [2.75, 3.05) is 6.54 Å². The summed E-state index contributed by atoms with van der Waals surface area (Å²) in [5.41, 5.74) is 1.98. The standard InChI is InChI=1S/C13H15N3O4S/c1-7-16-10(6-21-7)8-4-9(15-5-8)12(18)14-3-2-11(17)13(19)20/h4-6,11,15,17H,2-3H2,1H3,(H,14,18)(H,19,20). The lowest BCUT2D eigenvalue weighted by atomic mass is 10.2. The molecule has 112 valence electrons. The number of amides is 1. The third-order valence-corrected chi connectivity index (χ3v) is 3.60. The quantitative estimate of drug-likeness (QED) is 0.635. The van der Waals surface area contributed by atoms with Crippen LogP contribution in [0.4, 0.5) is 0 Å². The molecule has 0 saturated heterocycles. The third kappa shape index (κ3) is 3.89. The normalized spacial score (nSPS) is 12.1. The highest BCUT2D eigenvalue weighted by Crippen LogP contribution is 2.22. The fraction of sp³-hybridized carbons (Fsp3) is 0.308. The highest BCUT2D eigenvalue weighted by Gasteiger charge is 2.14. The molecule has 7 nitrogen and oxygen atoms in total. The Bertz CT molecular complexity index is 649. The van der Waals surface area contributed by atoms with Crippen molar-refractivity contribution >= 4 is 23.2 Å². The molecular formula is C13H15N3O4S. The molecule has 4 N–H and O–H groups in total. The van der Waals surface area contributed by atoms with Crippen LogP contribution in [-0.2, 0) is 4.79 Å². The molecule has 2 heterocycles. The van der Waals surface area contributed by atoms with Crippen LogP contribution in [0.3, 0.4) is 0 Å². The van der Waals surface area contributed by atoms with Crippen LogP contribution in [-0.4, -0.2) is 44.7 Å². The van der Waals surface area contributed by atoms with E-state index in [0.29, 0.717) is 5.69 Å². The molecule has 0 spiro atoms. The summed E-state index contributed by atoms with van der Waals surface area (Å²) in [7, 11) is 0. The van der Waals surface area contributed by atoms with Gasteiger partial charge in [-0.05, 0) is 13.0 Å². The molecule has 0 aliphatic heterocycles. The Balaban J connectivity index is 1.92. The smallest absolute Gasteiger partial charge is 0.332 e. The number of carboxylic acid groups (broad SMARTS) is 1. The summed E-state index contributed by atoms with van der Waals surface area (Å²) in [6.07, 6.45) is 0.178. The lowest BCUT2D eigenvalue weighted by Crippen LogP contribution is -2.30. The van der Waals surface area contributed by atoms with E-state index < -0.39 is 12.1 Å². The van der Waals surface area contributed by atoms with E-state index in [9.17, 15) is 9.59 Å². The number of H-pyrrole nitrogens is 1. The fourth-order valence-corrected chi connectivity index (χ4v) is 2.33. The van der Waals surface area contributed by atoms with E-state index >= 15 is 0 Å². The highest BCUT2D eigenvalue weighted by molar-refractivity contribution is 7.09. The second-order valence-corrected chi connectivity index (χ2v) is 5.51. The predicted molar refractivity (Wildman–Crippen MR) is 77.2 cm³/mol. The van der Waals surface area contributed by atoms with Gasteiger partial charge in [-0.3, -0.25) is 4.79 Å². The number of carbonyl (C=O) groups is 2. The van der Waals surface area contributed by atoms with Crippen molar-refractivity contribution in [1.29, 1.82) is 0 Å². The maximum Gasteiger partial charge on any atom is 0.332 e. The van der Waals surface area contributed by atoms with E-state index in [1.165, 1.54) is 11.3 Å². The van der Waals surface area contributed by atoms with Crippen LogP contribution < -0.4 is 5.32 Å². The predicted octanol–water partition coefficient (Wildman–Crippen LogP) is 1.01. The molecule has 0 saturated carbocycles. The van der Waals surface area contributed by atoms with Crippen molar-refractivity contribution in [3.05, 3.63) is 28.3 Å². The zero-order chi connectivity index (χ0) is 15.4. The second kappa shape index (κ2) is 6.51. The summed E-state index contributed by atoms with van der Waals surface area (Å²) in [5, 5.41) is 23.0. The molecule has 0 aliphatic rings. The summed E-state index contributed by atoms with van der Waals surface area (Å²) in [4.78, 5) is 29.5. The minimum absolute atomic E-state index is 0.0417. The van der Waals surface area contributed by atoms with E-state index in [4.69, 9.17) is 10.2 Å². The summed E-state index contributed by atoms with van der Waals surface area (Å²) in [6.45, 7) is 1.98. The van der Waals surface area contributed by atoms with Gasteiger partial charge in [-0.2, -0.15) is 0 Å². The number of aliphatic carboxylic acids is 1. The lowest BCUT2D eigenvalue weighted by Gasteiger charge is -2.06. The molecular weight excluding hydrogens is 294 g/mol. The van der Waals surface area contributed by atoms with Crippen molar-refractivity contribution in [1.82, 2.24) is 15.3 Å². The number of nitrogens with one attached hydrogen (secondary N) is 2. The number of aromatic nitrogens is 2. The highest BCUT2D eigenvalue weighted by atomic mass is 32.1. The molecule has 2 aromatic heterocycles. The van der Waals surface area contributed by atoms with E-state index in [-0.39, 0.29) is 18.9 Å². The maximum absolute atomic E-state index is 11.9. The molecule has 0 radical (unpaired) electrons. The van der Waals surface area contributed by atoms with Gasteiger partial charge in [-0.1, -0.05) is 0 Å². The molecule has 1 amide bonds. The van der Waals surface area contributed by atoms with Crippen molar-refractivity contribution in [2.24, 2.45) is 0 Å². The third-order valence-electron chi connectivity index (χ3n) is 2.83. The molecule has 2 aromatic rings. The van der Waals surface area contributed by atoms with Crippen molar-refractivity contribution in [3.63, 3.8) is 0 Å². The van der Waals surface area contributed by atoms with Crippen LogP contribution in [0.5, 0.6) is 0 Å². The largest absolute Gasteiger partial charge is 0.479 e. The molecule has 8 heteroatoms. The zero-order valence-corrected chi connectivity index (χ0v) is 12.1.